The summed E-state index contributed by atoms with van der Waals surface area (Å²) < 4.78 is 4.98. The first kappa shape index (κ1) is 11.3. The van der Waals surface area contributed by atoms with Crippen LogP contribution in [0.1, 0.15) is 12.5 Å². The number of nitrogen functional groups attached to an aromatic ring is 1. The molecular formula is C10H14N4O. The Morgan fingerprint density at radius 1 is 1.73 bits per heavy atom. The molecule has 0 amide bonds. The summed E-state index contributed by atoms with van der Waals surface area (Å²) in [5.41, 5.74) is 6.56. The van der Waals surface area contributed by atoms with Crippen LogP contribution in [0.5, 0.6) is 0 Å². The molecule has 0 aliphatic rings. The predicted molar refractivity (Wildman–Crippen MR) is 58.3 cm³/mol. The van der Waals surface area contributed by atoms with Crippen molar-refractivity contribution in [3.63, 3.8) is 0 Å². The molecule has 0 aromatic carbocycles. The van der Waals surface area contributed by atoms with Gasteiger partial charge in [-0.2, -0.15) is 5.26 Å². The third-order valence-electron chi connectivity index (χ3n) is 1.91. The fourth-order valence-electron chi connectivity index (χ4n) is 1.21. The van der Waals surface area contributed by atoms with Gasteiger partial charge in [-0.1, -0.05) is 0 Å². The molecule has 80 valence electrons. The molecule has 15 heavy (non-hydrogen) atoms. The van der Waals surface area contributed by atoms with Crippen molar-refractivity contribution in [3.05, 3.63) is 17.8 Å². The number of hydrogen-bond acceptors (Lipinski definition) is 5. The maximum atomic E-state index is 8.77. The number of aromatic nitrogens is 1. The predicted octanol–water partition coefficient (Wildman–Crippen LogP) is 0.982. The van der Waals surface area contributed by atoms with E-state index < -0.39 is 0 Å². The summed E-state index contributed by atoms with van der Waals surface area (Å²) in [6, 6.07) is 3.69. The summed E-state index contributed by atoms with van der Waals surface area (Å²) in [4.78, 5) is 4.07. The van der Waals surface area contributed by atoms with Gasteiger partial charge in [-0.25, -0.2) is 4.98 Å². The van der Waals surface area contributed by atoms with Crippen molar-refractivity contribution in [2.45, 2.75) is 13.0 Å². The van der Waals surface area contributed by atoms with Crippen LogP contribution in [0.15, 0.2) is 12.3 Å². The minimum Gasteiger partial charge on any atom is -0.395 e. The number of nitrogens with zero attached hydrogens (tertiary/aromatic N) is 2. The second-order valence-electron chi connectivity index (χ2n) is 3.23. The first-order valence-electron chi connectivity index (χ1n) is 4.59. The van der Waals surface area contributed by atoms with E-state index in [2.05, 4.69) is 10.3 Å². The minimum atomic E-state index is 0.0961. The Morgan fingerprint density at radius 3 is 3.07 bits per heavy atom. The number of rotatable bonds is 4. The molecule has 0 aliphatic heterocycles. The fraction of sp³-hybridized carbons (Fsp3) is 0.400. The third-order valence-corrected chi connectivity index (χ3v) is 1.91. The number of nitrogens with one attached hydrogen (secondary N) is 1. The number of pyridine rings is 1. The van der Waals surface area contributed by atoms with Crippen molar-refractivity contribution in [2.75, 3.05) is 24.8 Å². The number of methoxy groups -OCH3 is 1. The van der Waals surface area contributed by atoms with Crippen LogP contribution in [0.3, 0.4) is 0 Å². The zero-order valence-electron chi connectivity index (χ0n) is 8.82. The van der Waals surface area contributed by atoms with Crippen LogP contribution in [0.4, 0.5) is 11.5 Å². The third kappa shape index (κ3) is 2.82. The van der Waals surface area contributed by atoms with Gasteiger partial charge >= 0.3 is 0 Å². The highest BCUT2D eigenvalue weighted by atomic mass is 16.5. The lowest BCUT2D eigenvalue weighted by Crippen LogP contribution is -2.22. The minimum absolute atomic E-state index is 0.0961. The Morgan fingerprint density at radius 2 is 2.47 bits per heavy atom. The first-order chi connectivity index (χ1) is 7.19. The number of nitriles is 1. The van der Waals surface area contributed by atoms with Gasteiger partial charge in [0.25, 0.3) is 0 Å². The van der Waals surface area contributed by atoms with Crippen molar-refractivity contribution in [2.24, 2.45) is 0 Å². The number of ether oxygens (including phenoxy) is 1. The molecule has 0 fully saturated rings. The Balaban J connectivity index is 2.82. The summed E-state index contributed by atoms with van der Waals surface area (Å²) in [6.45, 7) is 2.50. The highest BCUT2D eigenvalue weighted by Gasteiger charge is 2.08. The molecule has 1 atom stereocenters. The lowest BCUT2D eigenvalue weighted by atomic mass is 10.2. The van der Waals surface area contributed by atoms with E-state index in [1.165, 1.54) is 0 Å². The van der Waals surface area contributed by atoms with Gasteiger partial charge in [0.1, 0.15) is 6.07 Å². The van der Waals surface area contributed by atoms with Crippen LogP contribution >= 0.6 is 0 Å². The topological polar surface area (TPSA) is 84.0 Å². The monoisotopic (exact) mass is 206 g/mol. The van der Waals surface area contributed by atoms with Crippen molar-refractivity contribution in [1.82, 2.24) is 4.98 Å². The smallest absolute Gasteiger partial charge is 0.150 e. The number of anilines is 2. The molecule has 5 nitrogen and oxygen atoms in total. The molecule has 0 bridgehead atoms. The SMILES string of the molecule is COCC(C)Nc1nccc(C#N)c1N. The van der Waals surface area contributed by atoms with Gasteiger partial charge in [-0.15, -0.1) is 0 Å². The van der Waals surface area contributed by atoms with Crippen molar-refractivity contribution in [3.8, 4) is 6.07 Å². The van der Waals surface area contributed by atoms with Crippen molar-refractivity contribution >= 4 is 11.5 Å². The normalized spacial score (nSPS) is 11.8. The van der Waals surface area contributed by atoms with Gasteiger partial charge in [0.2, 0.25) is 0 Å². The number of hydrogen-bond donors (Lipinski definition) is 2. The molecule has 0 spiro atoms. The summed E-state index contributed by atoms with van der Waals surface area (Å²) >= 11 is 0. The molecule has 1 aromatic rings. The quantitative estimate of drug-likeness (QED) is 0.767. The lowest BCUT2D eigenvalue weighted by molar-refractivity contribution is 0.190. The zero-order valence-corrected chi connectivity index (χ0v) is 8.82. The van der Waals surface area contributed by atoms with Crippen LogP contribution < -0.4 is 11.1 Å². The van der Waals surface area contributed by atoms with E-state index in [0.717, 1.165) is 0 Å². The van der Waals surface area contributed by atoms with Crippen LogP contribution in [0.25, 0.3) is 0 Å². The summed E-state index contributed by atoms with van der Waals surface area (Å²) in [6.07, 6.45) is 1.55. The van der Waals surface area contributed by atoms with E-state index >= 15 is 0 Å². The first-order valence-corrected chi connectivity index (χ1v) is 4.59. The highest BCUT2D eigenvalue weighted by Crippen LogP contribution is 2.19. The average Bonchev–Trinajstić information content (AvgIpc) is 2.21. The summed E-state index contributed by atoms with van der Waals surface area (Å²) in [5.74, 6) is 0.526. The molecule has 1 rings (SSSR count). The standard InChI is InChI=1S/C10H14N4O/c1-7(6-15-2)14-10-9(12)8(5-11)3-4-13-10/h3-4,7H,6,12H2,1-2H3,(H,13,14). The maximum Gasteiger partial charge on any atom is 0.150 e. The Hall–Kier alpha value is -1.80. The largest absolute Gasteiger partial charge is 0.395 e. The van der Waals surface area contributed by atoms with Crippen LogP contribution in [0.2, 0.25) is 0 Å². The average molecular weight is 206 g/mol. The van der Waals surface area contributed by atoms with Gasteiger partial charge < -0.3 is 15.8 Å². The second-order valence-corrected chi connectivity index (χ2v) is 3.23. The van der Waals surface area contributed by atoms with E-state index in [0.29, 0.717) is 23.7 Å². The van der Waals surface area contributed by atoms with Crippen LogP contribution in [-0.4, -0.2) is 24.7 Å². The molecule has 3 N–H and O–H groups in total. The van der Waals surface area contributed by atoms with Gasteiger partial charge in [0, 0.05) is 19.3 Å². The number of nitrogens with two attached hydrogens (primary N) is 1. The zero-order chi connectivity index (χ0) is 11.3. The highest BCUT2D eigenvalue weighted by molar-refractivity contribution is 5.69. The maximum absolute atomic E-state index is 8.77. The lowest BCUT2D eigenvalue weighted by Gasteiger charge is -2.14. The molecular weight excluding hydrogens is 192 g/mol. The Labute approximate surface area is 88.9 Å². The van der Waals surface area contributed by atoms with Crippen molar-refractivity contribution in [1.29, 1.82) is 5.26 Å². The molecule has 0 saturated heterocycles. The molecule has 5 heteroatoms. The van der Waals surface area contributed by atoms with Crippen molar-refractivity contribution < 1.29 is 4.74 Å². The van der Waals surface area contributed by atoms with E-state index in [1.54, 1.807) is 19.4 Å². The Kier molecular flexibility index (Phi) is 3.89. The fourth-order valence-corrected chi connectivity index (χ4v) is 1.21. The van der Waals surface area contributed by atoms with Gasteiger partial charge in [0.15, 0.2) is 5.82 Å². The second kappa shape index (κ2) is 5.17. The molecule has 1 unspecified atom stereocenters. The van der Waals surface area contributed by atoms with Gasteiger partial charge in [-0.3, -0.25) is 0 Å². The van der Waals surface area contributed by atoms with Gasteiger partial charge in [0.05, 0.1) is 17.9 Å². The van der Waals surface area contributed by atoms with E-state index in [1.807, 2.05) is 13.0 Å². The van der Waals surface area contributed by atoms with E-state index in [4.69, 9.17) is 15.7 Å². The van der Waals surface area contributed by atoms with Crippen LogP contribution in [-0.2, 0) is 4.74 Å². The van der Waals surface area contributed by atoms with Gasteiger partial charge in [-0.05, 0) is 13.0 Å². The molecule has 1 heterocycles. The Bertz CT molecular complexity index is 372. The summed E-state index contributed by atoms with van der Waals surface area (Å²) in [7, 11) is 1.63. The molecule has 0 saturated carbocycles. The van der Waals surface area contributed by atoms with Crippen LogP contribution in [0, 0.1) is 11.3 Å². The van der Waals surface area contributed by atoms with E-state index in [9.17, 15) is 0 Å². The summed E-state index contributed by atoms with van der Waals surface area (Å²) in [5, 5.41) is 11.8. The molecule has 0 radical (unpaired) electrons. The molecule has 1 aromatic heterocycles. The van der Waals surface area contributed by atoms with E-state index in [-0.39, 0.29) is 6.04 Å². The molecule has 0 aliphatic carbocycles.